The van der Waals surface area contributed by atoms with Crippen molar-refractivity contribution in [2.75, 3.05) is 13.1 Å². The molecule has 1 fully saturated rings. The van der Waals surface area contributed by atoms with Crippen LogP contribution >= 0.6 is 0 Å². The summed E-state index contributed by atoms with van der Waals surface area (Å²) in [5.74, 6) is 1.73. The first-order valence-corrected chi connectivity index (χ1v) is 7.59. The van der Waals surface area contributed by atoms with Gasteiger partial charge in [0, 0.05) is 18.6 Å². The standard InChI is InChI=1S/C15H32N2/c1-5-13(4)17(6-2)15(11-16)14-9-7-8-12(3)10-14/h12-15H,5-11,16H2,1-4H3. The monoisotopic (exact) mass is 240 g/mol. The lowest BCUT2D eigenvalue weighted by Crippen LogP contribution is -2.50. The maximum Gasteiger partial charge on any atom is 0.0249 e. The maximum absolute atomic E-state index is 6.08. The van der Waals surface area contributed by atoms with E-state index in [-0.39, 0.29) is 0 Å². The number of nitrogens with two attached hydrogens (primary N) is 1. The van der Waals surface area contributed by atoms with Gasteiger partial charge in [-0.25, -0.2) is 0 Å². The molecule has 4 unspecified atom stereocenters. The molecule has 4 atom stereocenters. The molecule has 1 saturated carbocycles. The normalized spacial score (nSPS) is 29.3. The molecule has 0 aromatic carbocycles. The fourth-order valence-corrected chi connectivity index (χ4v) is 3.54. The van der Waals surface area contributed by atoms with Gasteiger partial charge in [-0.1, -0.05) is 33.6 Å². The second-order valence-electron chi connectivity index (χ2n) is 5.92. The molecule has 0 heterocycles. The summed E-state index contributed by atoms with van der Waals surface area (Å²) < 4.78 is 0. The predicted octanol–water partition coefficient (Wildman–Crippen LogP) is 3.26. The molecule has 2 heteroatoms. The van der Waals surface area contributed by atoms with E-state index >= 15 is 0 Å². The summed E-state index contributed by atoms with van der Waals surface area (Å²) in [5.41, 5.74) is 6.08. The van der Waals surface area contributed by atoms with Crippen molar-refractivity contribution < 1.29 is 0 Å². The van der Waals surface area contributed by atoms with Gasteiger partial charge in [-0.05, 0) is 44.6 Å². The Morgan fingerprint density at radius 3 is 2.47 bits per heavy atom. The van der Waals surface area contributed by atoms with Gasteiger partial charge in [0.25, 0.3) is 0 Å². The van der Waals surface area contributed by atoms with E-state index in [1.165, 1.54) is 32.1 Å². The average molecular weight is 240 g/mol. The molecule has 0 aliphatic heterocycles. The van der Waals surface area contributed by atoms with E-state index in [2.05, 4.69) is 32.6 Å². The number of nitrogens with zero attached hydrogens (tertiary/aromatic N) is 1. The van der Waals surface area contributed by atoms with Crippen molar-refractivity contribution in [1.29, 1.82) is 0 Å². The van der Waals surface area contributed by atoms with Crippen molar-refractivity contribution >= 4 is 0 Å². The Bertz CT molecular complexity index is 205. The molecule has 0 aromatic heterocycles. The number of likely N-dealkylation sites (N-methyl/N-ethyl adjacent to an activating group) is 1. The highest BCUT2D eigenvalue weighted by atomic mass is 15.2. The molecule has 17 heavy (non-hydrogen) atoms. The van der Waals surface area contributed by atoms with Crippen LogP contribution in [0, 0.1) is 11.8 Å². The van der Waals surface area contributed by atoms with Crippen molar-refractivity contribution in [2.24, 2.45) is 17.6 Å². The lowest BCUT2D eigenvalue weighted by Gasteiger charge is -2.42. The van der Waals surface area contributed by atoms with E-state index in [0.29, 0.717) is 12.1 Å². The zero-order valence-electron chi connectivity index (χ0n) is 12.3. The summed E-state index contributed by atoms with van der Waals surface area (Å²) in [5, 5.41) is 0. The summed E-state index contributed by atoms with van der Waals surface area (Å²) in [7, 11) is 0. The van der Waals surface area contributed by atoms with Crippen LogP contribution in [0.5, 0.6) is 0 Å². The second-order valence-corrected chi connectivity index (χ2v) is 5.92. The first kappa shape index (κ1) is 15.0. The smallest absolute Gasteiger partial charge is 0.0249 e. The molecule has 2 nitrogen and oxygen atoms in total. The molecule has 1 aliphatic carbocycles. The minimum atomic E-state index is 0.609. The number of hydrogen-bond donors (Lipinski definition) is 1. The minimum Gasteiger partial charge on any atom is -0.329 e. The Morgan fingerprint density at radius 2 is 2.00 bits per heavy atom. The Hall–Kier alpha value is -0.0800. The van der Waals surface area contributed by atoms with Gasteiger partial charge in [-0.15, -0.1) is 0 Å². The molecule has 0 aromatic rings. The molecule has 1 rings (SSSR count). The molecule has 102 valence electrons. The Labute approximate surface area is 108 Å². The SMILES string of the molecule is CCC(C)N(CC)C(CN)C1CCCC(C)C1. The number of rotatable bonds is 6. The fourth-order valence-electron chi connectivity index (χ4n) is 3.54. The van der Waals surface area contributed by atoms with Gasteiger partial charge in [0.15, 0.2) is 0 Å². The summed E-state index contributed by atoms with van der Waals surface area (Å²) in [4.78, 5) is 2.64. The summed E-state index contributed by atoms with van der Waals surface area (Å²) in [6, 6.07) is 1.28. The van der Waals surface area contributed by atoms with E-state index < -0.39 is 0 Å². The maximum atomic E-state index is 6.08. The second kappa shape index (κ2) is 7.38. The fraction of sp³-hybridized carbons (Fsp3) is 1.00. The van der Waals surface area contributed by atoms with Crippen molar-refractivity contribution in [3.05, 3.63) is 0 Å². The highest BCUT2D eigenvalue weighted by molar-refractivity contribution is 4.85. The van der Waals surface area contributed by atoms with Crippen LogP contribution in [0.2, 0.25) is 0 Å². The molecule has 0 amide bonds. The van der Waals surface area contributed by atoms with Crippen molar-refractivity contribution in [2.45, 2.75) is 71.9 Å². The summed E-state index contributed by atoms with van der Waals surface area (Å²) in [6.45, 7) is 11.3. The predicted molar refractivity (Wildman–Crippen MR) is 76.1 cm³/mol. The van der Waals surface area contributed by atoms with Crippen LogP contribution < -0.4 is 5.73 Å². The van der Waals surface area contributed by atoms with E-state index in [1.54, 1.807) is 0 Å². The summed E-state index contributed by atoms with van der Waals surface area (Å²) in [6.07, 6.45) is 6.82. The largest absolute Gasteiger partial charge is 0.329 e. The third kappa shape index (κ3) is 3.96. The first-order chi connectivity index (χ1) is 8.13. The van der Waals surface area contributed by atoms with Crippen molar-refractivity contribution in [3.8, 4) is 0 Å². The average Bonchev–Trinajstić information content (AvgIpc) is 2.34. The van der Waals surface area contributed by atoms with Crippen LogP contribution in [0.4, 0.5) is 0 Å². The van der Waals surface area contributed by atoms with Crippen LogP contribution in [-0.4, -0.2) is 30.1 Å². The molecule has 0 spiro atoms. The van der Waals surface area contributed by atoms with Gasteiger partial charge in [-0.3, -0.25) is 4.90 Å². The number of hydrogen-bond acceptors (Lipinski definition) is 2. The Kier molecular flexibility index (Phi) is 6.50. The molecular formula is C15H32N2. The minimum absolute atomic E-state index is 0.609. The van der Waals surface area contributed by atoms with E-state index in [9.17, 15) is 0 Å². The van der Waals surface area contributed by atoms with Gasteiger partial charge in [0.05, 0.1) is 0 Å². The molecule has 0 saturated heterocycles. The van der Waals surface area contributed by atoms with E-state index in [1.807, 2.05) is 0 Å². The Morgan fingerprint density at radius 1 is 1.29 bits per heavy atom. The van der Waals surface area contributed by atoms with Crippen LogP contribution in [0.3, 0.4) is 0 Å². The van der Waals surface area contributed by atoms with Crippen LogP contribution in [0.15, 0.2) is 0 Å². The topological polar surface area (TPSA) is 29.3 Å². The zero-order valence-corrected chi connectivity index (χ0v) is 12.3. The van der Waals surface area contributed by atoms with Gasteiger partial charge in [0.2, 0.25) is 0 Å². The lowest BCUT2D eigenvalue weighted by atomic mass is 9.77. The van der Waals surface area contributed by atoms with Crippen LogP contribution in [-0.2, 0) is 0 Å². The Balaban J connectivity index is 2.66. The third-order valence-electron chi connectivity index (χ3n) is 4.71. The molecular weight excluding hydrogens is 208 g/mol. The summed E-state index contributed by atoms with van der Waals surface area (Å²) >= 11 is 0. The van der Waals surface area contributed by atoms with Gasteiger partial charge < -0.3 is 5.73 Å². The lowest BCUT2D eigenvalue weighted by molar-refractivity contribution is 0.0788. The van der Waals surface area contributed by atoms with Crippen molar-refractivity contribution in [3.63, 3.8) is 0 Å². The highest BCUT2D eigenvalue weighted by Crippen LogP contribution is 2.33. The van der Waals surface area contributed by atoms with E-state index in [0.717, 1.165) is 24.9 Å². The van der Waals surface area contributed by atoms with Gasteiger partial charge in [0.1, 0.15) is 0 Å². The van der Waals surface area contributed by atoms with Gasteiger partial charge >= 0.3 is 0 Å². The molecule has 2 N–H and O–H groups in total. The zero-order chi connectivity index (χ0) is 12.8. The highest BCUT2D eigenvalue weighted by Gasteiger charge is 2.30. The van der Waals surface area contributed by atoms with Crippen LogP contribution in [0.25, 0.3) is 0 Å². The third-order valence-corrected chi connectivity index (χ3v) is 4.71. The quantitative estimate of drug-likeness (QED) is 0.772. The molecule has 0 radical (unpaired) electrons. The van der Waals surface area contributed by atoms with Crippen LogP contribution in [0.1, 0.15) is 59.8 Å². The van der Waals surface area contributed by atoms with Crippen molar-refractivity contribution in [1.82, 2.24) is 4.90 Å². The van der Waals surface area contributed by atoms with E-state index in [4.69, 9.17) is 5.73 Å². The first-order valence-electron chi connectivity index (χ1n) is 7.59. The molecule has 1 aliphatic rings. The van der Waals surface area contributed by atoms with Gasteiger partial charge in [-0.2, -0.15) is 0 Å². The molecule has 0 bridgehead atoms.